The van der Waals surface area contributed by atoms with Gasteiger partial charge in [0.2, 0.25) is 0 Å². The number of carbonyl (C=O) groups is 1. The molecule has 26 heavy (non-hydrogen) atoms. The lowest BCUT2D eigenvalue weighted by molar-refractivity contribution is 0.146. The summed E-state index contributed by atoms with van der Waals surface area (Å²) in [6.07, 6.45) is 10.3. The second-order valence-corrected chi connectivity index (χ2v) is 8.61. The van der Waals surface area contributed by atoms with E-state index in [0.717, 1.165) is 62.1 Å². The highest BCUT2D eigenvalue weighted by molar-refractivity contribution is 7.97. The summed E-state index contributed by atoms with van der Waals surface area (Å²) >= 11 is 1.57. The van der Waals surface area contributed by atoms with E-state index in [2.05, 4.69) is 38.1 Å². The van der Waals surface area contributed by atoms with E-state index in [-0.39, 0.29) is 5.41 Å². The first kappa shape index (κ1) is 20.9. The SMILES string of the molecule is CCCCN(CCCC)SC(OC(N)=O)C1=C2OC=CC=C2CC1(C)C. The summed E-state index contributed by atoms with van der Waals surface area (Å²) in [5.41, 5.74) is 6.95. The van der Waals surface area contributed by atoms with E-state index in [1.54, 1.807) is 18.2 Å². The van der Waals surface area contributed by atoms with Crippen molar-refractivity contribution in [2.24, 2.45) is 11.1 Å². The van der Waals surface area contributed by atoms with Crippen molar-refractivity contribution in [1.82, 2.24) is 4.31 Å². The van der Waals surface area contributed by atoms with Crippen LogP contribution in [0.4, 0.5) is 4.79 Å². The number of ether oxygens (including phenoxy) is 2. The van der Waals surface area contributed by atoms with Crippen LogP contribution in [0, 0.1) is 5.41 Å². The molecule has 1 heterocycles. The number of amides is 1. The Morgan fingerprint density at radius 3 is 2.58 bits per heavy atom. The Labute approximate surface area is 161 Å². The molecule has 0 aromatic rings. The second kappa shape index (κ2) is 9.51. The molecule has 1 unspecified atom stereocenters. The van der Waals surface area contributed by atoms with Crippen LogP contribution >= 0.6 is 11.9 Å². The summed E-state index contributed by atoms with van der Waals surface area (Å²) in [5.74, 6) is 0.835. The van der Waals surface area contributed by atoms with Crippen LogP contribution in [0.5, 0.6) is 0 Å². The molecule has 1 aliphatic carbocycles. The van der Waals surface area contributed by atoms with Crippen molar-refractivity contribution >= 4 is 18.0 Å². The fraction of sp³-hybridized carbons (Fsp3) is 0.650. The summed E-state index contributed by atoms with van der Waals surface area (Å²) < 4.78 is 13.7. The van der Waals surface area contributed by atoms with Crippen molar-refractivity contribution in [2.75, 3.05) is 13.1 Å². The van der Waals surface area contributed by atoms with Crippen LogP contribution in [-0.4, -0.2) is 28.9 Å². The van der Waals surface area contributed by atoms with Crippen LogP contribution in [0.1, 0.15) is 59.8 Å². The average molecular weight is 381 g/mol. The molecular weight excluding hydrogens is 348 g/mol. The summed E-state index contributed by atoms with van der Waals surface area (Å²) in [6.45, 7) is 10.6. The fourth-order valence-corrected chi connectivity index (χ4v) is 4.76. The highest BCUT2D eigenvalue weighted by Crippen LogP contribution is 2.51. The molecule has 0 spiro atoms. The van der Waals surface area contributed by atoms with E-state index in [4.69, 9.17) is 15.2 Å². The fourth-order valence-electron chi connectivity index (χ4n) is 3.35. The van der Waals surface area contributed by atoms with Crippen LogP contribution in [0.2, 0.25) is 0 Å². The zero-order chi connectivity index (χ0) is 19.2. The van der Waals surface area contributed by atoms with Gasteiger partial charge in [0.15, 0.2) is 5.44 Å². The predicted octanol–water partition coefficient (Wildman–Crippen LogP) is 5.11. The normalized spacial score (nSPS) is 19.2. The smallest absolute Gasteiger partial charge is 0.406 e. The molecule has 6 heteroatoms. The molecule has 0 saturated heterocycles. The molecule has 2 rings (SSSR count). The van der Waals surface area contributed by atoms with E-state index < -0.39 is 11.5 Å². The van der Waals surface area contributed by atoms with E-state index >= 15 is 0 Å². The van der Waals surface area contributed by atoms with Gasteiger partial charge in [-0.3, -0.25) is 0 Å². The molecule has 2 N–H and O–H groups in total. The van der Waals surface area contributed by atoms with Gasteiger partial charge in [0.1, 0.15) is 5.76 Å². The van der Waals surface area contributed by atoms with E-state index in [1.165, 1.54) is 0 Å². The van der Waals surface area contributed by atoms with Crippen LogP contribution in [0.15, 0.2) is 35.3 Å². The number of primary amides is 1. The first-order valence-electron chi connectivity index (χ1n) is 9.54. The Morgan fingerprint density at radius 2 is 2.00 bits per heavy atom. The van der Waals surface area contributed by atoms with Gasteiger partial charge in [0, 0.05) is 18.7 Å². The third-order valence-corrected chi connectivity index (χ3v) is 5.87. The van der Waals surface area contributed by atoms with Gasteiger partial charge in [-0.15, -0.1) is 0 Å². The van der Waals surface area contributed by atoms with E-state index in [0.29, 0.717) is 0 Å². The highest BCUT2D eigenvalue weighted by Gasteiger charge is 2.43. The molecule has 0 fully saturated rings. The van der Waals surface area contributed by atoms with Gasteiger partial charge in [-0.1, -0.05) is 46.6 Å². The first-order chi connectivity index (χ1) is 12.4. The molecule has 0 radical (unpaired) electrons. The molecule has 1 amide bonds. The number of carbonyl (C=O) groups excluding carboxylic acids is 1. The van der Waals surface area contributed by atoms with Crippen molar-refractivity contribution in [2.45, 2.75) is 65.2 Å². The number of unbranched alkanes of at least 4 members (excludes halogenated alkanes) is 2. The summed E-state index contributed by atoms with van der Waals surface area (Å²) in [4.78, 5) is 11.6. The van der Waals surface area contributed by atoms with Crippen molar-refractivity contribution in [3.05, 3.63) is 35.3 Å². The van der Waals surface area contributed by atoms with Crippen LogP contribution in [-0.2, 0) is 9.47 Å². The number of nitrogens with zero attached hydrogens (tertiary/aromatic N) is 1. The van der Waals surface area contributed by atoms with Gasteiger partial charge in [0.25, 0.3) is 0 Å². The van der Waals surface area contributed by atoms with Gasteiger partial charge in [-0.25, -0.2) is 9.10 Å². The molecule has 0 aromatic carbocycles. The number of fused-ring (bicyclic) bond motifs is 1. The number of hydrogen-bond donors (Lipinski definition) is 1. The zero-order valence-electron chi connectivity index (χ0n) is 16.4. The van der Waals surface area contributed by atoms with Gasteiger partial charge in [-0.2, -0.15) is 0 Å². The van der Waals surface area contributed by atoms with Crippen LogP contribution in [0.25, 0.3) is 0 Å². The number of rotatable bonds is 10. The molecule has 5 nitrogen and oxygen atoms in total. The molecule has 0 saturated carbocycles. The largest absolute Gasteiger partial charge is 0.465 e. The predicted molar refractivity (Wildman–Crippen MR) is 107 cm³/mol. The Hall–Kier alpha value is -1.40. The van der Waals surface area contributed by atoms with Gasteiger partial charge in [-0.05, 0) is 48.3 Å². The van der Waals surface area contributed by atoms with E-state index in [1.807, 2.05) is 6.08 Å². The van der Waals surface area contributed by atoms with Crippen molar-refractivity contribution in [1.29, 1.82) is 0 Å². The Bertz CT molecular complexity index is 588. The summed E-state index contributed by atoms with van der Waals surface area (Å²) in [5, 5.41) is 0. The third-order valence-electron chi connectivity index (χ3n) is 4.69. The molecular formula is C20H32N2O3S. The molecule has 146 valence electrons. The van der Waals surface area contributed by atoms with Crippen LogP contribution < -0.4 is 5.73 Å². The topological polar surface area (TPSA) is 64.8 Å². The van der Waals surface area contributed by atoms with Gasteiger partial charge >= 0.3 is 6.09 Å². The lowest BCUT2D eigenvalue weighted by Crippen LogP contribution is -2.32. The molecule has 0 bridgehead atoms. The quantitative estimate of drug-likeness (QED) is 0.421. The molecule has 0 aromatic heterocycles. The third kappa shape index (κ3) is 5.30. The number of nitrogens with two attached hydrogens (primary N) is 1. The lowest BCUT2D eigenvalue weighted by atomic mass is 9.85. The second-order valence-electron chi connectivity index (χ2n) is 7.45. The van der Waals surface area contributed by atoms with Crippen molar-refractivity contribution < 1.29 is 14.3 Å². The minimum absolute atomic E-state index is 0.151. The molecule has 1 atom stereocenters. The van der Waals surface area contributed by atoms with Crippen molar-refractivity contribution in [3.63, 3.8) is 0 Å². The van der Waals surface area contributed by atoms with Crippen molar-refractivity contribution in [3.8, 4) is 0 Å². The average Bonchev–Trinajstić information content (AvgIpc) is 2.85. The Morgan fingerprint density at radius 1 is 1.35 bits per heavy atom. The number of allylic oxidation sites excluding steroid dienone is 3. The minimum atomic E-state index is -0.749. The van der Waals surface area contributed by atoms with Gasteiger partial charge in [0.05, 0.1) is 6.26 Å². The first-order valence-corrected chi connectivity index (χ1v) is 10.4. The maximum atomic E-state index is 11.6. The molecule has 1 aliphatic heterocycles. The maximum Gasteiger partial charge on any atom is 0.406 e. The number of hydrogen-bond acceptors (Lipinski definition) is 5. The maximum absolute atomic E-state index is 11.6. The Balaban J connectivity index is 2.28. The monoisotopic (exact) mass is 380 g/mol. The highest BCUT2D eigenvalue weighted by atomic mass is 32.2. The minimum Gasteiger partial charge on any atom is -0.465 e. The van der Waals surface area contributed by atoms with Gasteiger partial charge < -0.3 is 15.2 Å². The standard InChI is InChI=1S/C20H32N2O3S/c1-5-7-11-22(12-8-6-2)26-18(25-19(21)23)16-17-15(10-9-13-24-17)14-20(16,3)4/h9-10,13,18H,5-8,11-12,14H2,1-4H3,(H2,21,23). The lowest BCUT2D eigenvalue weighted by Gasteiger charge is -2.31. The van der Waals surface area contributed by atoms with Crippen LogP contribution in [0.3, 0.4) is 0 Å². The zero-order valence-corrected chi connectivity index (χ0v) is 17.2. The summed E-state index contributed by atoms with van der Waals surface area (Å²) in [6, 6.07) is 0. The molecule has 2 aliphatic rings. The summed E-state index contributed by atoms with van der Waals surface area (Å²) in [7, 11) is 0. The van der Waals surface area contributed by atoms with E-state index in [9.17, 15) is 4.79 Å². The Kier molecular flexibility index (Phi) is 7.65.